The number of piperazine rings is 1. The van der Waals surface area contributed by atoms with Crippen molar-refractivity contribution in [1.82, 2.24) is 4.90 Å². The van der Waals surface area contributed by atoms with E-state index in [-0.39, 0.29) is 5.91 Å². The SMILES string of the molecule is COc1cccc(C(=O)N2CCN(c3ccc(F)cc3F)CC2)c1. The van der Waals surface area contributed by atoms with Crippen LogP contribution in [0.3, 0.4) is 0 Å². The predicted octanol–water partition coefficient (Wildman–Crippen LogP) is 2.94. The molecule has 2 aromatic rings. The molecule has 1 aliphatic rings. The zero-order valence-electron chi connectivity index (χ0n) is 13.3. The highest BCUT2D eigenvalue weighted by Crippen LogP contribution is 2.22. The molecule has 3 rings (SSSR count). The van der Waals surface area contributed by atoms with Gasteiger partial charge in [-0.05, 0) is 30.3 Å². The number of halogens is 2. The van der Waals surface area contributed by atoms with E-state index in [2.05, 4.69) is 0 Å². The summed E-state index contributed by atoms with van der Waals surface area (Å²) in [6.07, 6.45) is 0. The average Bonchev–Trinajstić information content (AvgIpc) is 2.61. The van der Waals surface area contributed by atoms with E-state index >= 15 is 0 Å². The highest BCUT2D eigenvalue weighted by atomic mass is 19.1. The number of nitrogens with zero attached hydrogens (tertiary/aromatic N) is 2. The van der Waals surface area contributed by atoms with Crippen LogP contribution in [0.4, 0.5) is 14.5 Å². The summed E-state index contributed by atoms with van der Waals surface area (Å²) in [6, 6.07) is 10.6. The number of carbonyl (C=O) groups excluding carboxylic acids is 1. The van der Waals surface area contributed by atoms with Crippen LogP contribution in [-0.4, -0.2) is 44.1 Å². The Hall–Kier alpha value is -2.63. The van der Waals surface area contributed by atoms with Crippen LogP contribution in [0.15, 0.2) is 42.5 Å². The number of methoxy groups -OCH3 is 1. The van der Waals surface area contributed by atoms with Gasteiger partial charge in [0.15, 0.2) is 0 Å². The molecule has 0 saturated carbocycles. The van der Waals surface area contributed by atoms with E-state index in [1.54, 1.807) is 36.3 Å². The molecule has 1 amide bonds. The molecule has 126 valence electrons. The highest BCUT2D eigenvalue weighted by molar-refractivity contribution is 5.94. The lowest BCUT2D eigenvalue weighted by Crippen LogP contribution is -2.49. The lowest BCUT2D eigenvalue weighted by Gasteiger charge is -2.36. The van der Waals surface area contributed by atoms with Crippen molar-refractivity contribution in [2.45, 2.75) is 0 Å². The quantitative estimate of drug-likeness (QED) is 0.866. The number of rotatable bonds is 3. The third-order valence-electron chi connectivity index (χ3n) is 4.13. The fraction of sp³-hybridized carbons (Fsp3) is 0.278. The van der Waals surface area contributed by atoms with Crippen LogP contribution < -0.4 is 9.64 Å². The fourth-order valence-corrected chi connectivity index (χ4v) is 2.83. The molecule has 0 aliphatic carbocycles. The number of anilines is 1. The summed E-state index contributed by atoms with van der Waals surface area (Å²) >= 11 is 0. The van der Waals surface area contributed by atoms with E-state index in [4.69, 9.17) is 4.74 Å². The average molecular weight is 332 g/mol. The molecular formula is C18H18F2N2O2. The molecule has 1 aliphatic heterocycles. The van der Waals surface area contributed by atoms with Crippen molar-refractivity contribution in [2.24, 2.45) is 0 Å². The normalized spacial score (nSPS) is 14.6. The summed E-state index contributed by atoms with van der Waals surface area (Å²) in [6.45, 7) is 1.95. The third-order valence-corrected chi connectivity index (χ3v) is 4.13. The Kier molecular flexibility index (Phi) is 4.64. The van der Waals surface area contributed by atoms with Crippen LogP contribution in [0.2, 0.25) is 0 Å². The Balaban J connectivity index is 1.67. The molecule has 0 aromatic heterocycles. The molecule has 6 heteroatoms. The second-order valence-electron chi connectivity index (χ2n) is 5.61. The minimum Gasteiger partial charge on any atom is -0.497 e. The summed E-state index contributed by atoms with van der Waals surface area (Å²) in [5.74, 6) is -0.619. The van der Waals surface area contributed by atoms with E-state index in [0.29, 0.717) is 43.2 Å². The molecule has 1 saturated heterocycles. The van der Waals surface area contributed by atoms with Gasteiger partial charge in [0.1, 0.15) is 17.4 Å². The maximum atomic E-state index is 13.9. The fourth-order valence-electron chi connectivity index (χ4n) is 2.83. The zero-order chi connectivity index (χ0) is 17.1. The molecule has 0 bridgehead atoms. The first kappa shape index (κ1) is 16.2. The number of carbonyl (C=O) groups is 1. The molecule has 0 unspecified atom stereocenters. The monoisotopic (exact) mass is 332 g/mol. The lowest BCUT2D eigenvalue weighted by atomic mass is 10.1. The molecule has 0 radical (unpaired) electrons. The molecule has 0 spiro atoms. The van der Waals surface area contributed by atoms with Crippen molar-refractivity contribution in [3.05, 3.63) is 59.7 Å². The van der Waals surface area contributed by atoms with Gasteiger partial charge in [-0.15, -0.1) is 0 Å². The number of hydrogen-bond donors (Lipinski definition) is 0. The van der Waals surface area contributed by atoms with Gasteiger partial charge in [0, 0.05) is 37.8 Å². The molecule has 1 fully saturated rings. The van der Waals surface area contributed by atoms with Crippen molar-refractivity contribution in [3.8, 4) is 5.75 Å². The first-order valence-electron chi connectivity index (χ1n) is 7.72. The first-order chi connectivity index (χ1) is 11.6. The minimum atomic E-state index is -0.594. The smallest absolute Gasteiger partial charge is 0.254 e. The van der Waals surface area contributed by atoms with Crippen molar-refractivity contribution in [3.63, 3.8) is 0 Å². The van der Waals surface area contributed by atoms with Gasteiger partial charge in [0.2, 0.25) is 0 Å². The molecule has 24 heavy (non-hydrogen) atoms. The van der Waals surface area contributed by atoms with Gasteiger partial charge < -0.3 is 14.5 Å². The Morgan fingerprint density at radius 2 is 1.79 bits per heavy atom. The van der Waals surface area contributed by atoms with Crippen LogP contribution in [0.1, 0.15) is 10.4 Å². The maximum Gasteiger partial charge on any atom is 0.254 e. The number of benzene rings is 2. The second kappa shape index (κ2) is 6.86. The standard InChI is InChI=1S/C18H18F2N2O2/c1-24-15-4-2-3-13(11-15)18(23)22-9-7-21(8-10-22)17-6-5-14(19)12-16(17)20/h2-6,11-12H,7-10H2,1H3. The Morgan fingerprint density at radius 1 is 1.04 bits per heavy atom. The van der Waals surface area contributed by atoms with Crippen molar-refractivity contribution in [1.29, 1.82) is 0 Å². The van der Waals surface area contributed by atoms with Gasteiger partial charge in [-0.3, -0.25) is 4.79 Å². The lowest BCUT2D eigenvalue weighted by molar-refractivity contribution is 0.0746. The van der Waals surface area contributed by atoms with Crippen LogP contribution in [0.25, 0.3) is 0 Å². The molecule has 1 heterocycles. The Bertz CT molecular complexity index is 744. The summed E-state index contributed by atoms with van der Waals surface area (Å²) in [5, 5.41) is 0. The molecule has 0 atom stereocenters. The van der Waals surface area contributed by atoms with Crippen molar-refractivity contribution < 1.29 is 18.3 Å². The van der Waals surface area contributed by atoms with Gasteiger partial charge in [-0.2, -0.15) is 0 Å². The largest absolute Gasteiger partial charge is 0.497 e. The van der Waals surface area contributed by atoms with E-state index in [1.807, 2.05) is 4.90 Å². The molecule has 0 N–H and O–H groups in total. The van der Waals surface area contributed by atoms with E-state index < -0.39 is 11.6 Å². The van der Waals surface area contributed by atoms with Crippen LogP contribution in [-0.2, 0) is 0 Å². The summed E-state index contributed by atoms with van der Waals surface area (Å²) < 4.78 is 32.0. The Labute approximate surface area is 139 Å². The topological polar surface area (TPSA) is 32.8 Å². The number of hydrogen-bond acceptors (Lipinski definition) is 3. The summed E-state index contributed by atoms with van der Waals surface area (Å²) in [4.78, 5) is 16.1. The predicted molar refractivity (Wildman–Crippen MR) is 87.5 cm³/mol. The Morgan fingerprint density at radius 3 is 2.46 bits per heavy atom. The molecular weight excluding hydrogens is 314 g/mol. The number of amides is 1. The van der Waals surface area contributed by atoms with Gasteiger partial charge >= 0.3 is 0 Å². The third kappa shape index (κ3) is 3.32. The van der Waals surface area contributed by atoms with Crippen molar-refractivity contribution >= 4 is 11.6 Å². The zero-order valence-corrected chi connectivity index (χ0v) is 13.3. The van der Waals surface area contributed by atoms with Gasteiger partial charge in [-0.25, -0.2) is 8.78 Å². The summed E-state index contributed by atoms with van der Waals surface area (Å²) in [7, 11) is 1.56. The van der Waals surface area contributed by atoms with Crippen LogP contribution >= 0.6 is 0 Å². The van der Waals surface area contributed by atoms with Gasteiger partial charge in [0.25, 0.3) is 5.91 Å². The molecule has 2 aromatic carbocycles. The summed E-state index contributed by atoms with van der Waals surface area (Å²) in [5.41, 5.74) is 0.931. The minimum absolute atomic E-state index is 0.0758. The highest BCUT2D eigenvalue weighted by Gasteiger charge is 2.24. The van der Waals surface area contributed by atoms with E-state index in [1.165, 1.54) is 12.1 Å². The van der Waals surface area contributed by atoms with Gasteiger partial charge in [-0.1, -0.05) is 6.07 Å². The van der Waals surface area contributed by atoms with E-state index in [9.17, 15) is 13.6 Å². The van der Waals surface area contributed by atoms with Crippen LogP contribution in [0.5, 0.6) is 5.75 Å². The second-order valence-corrected chi connectivity index (χ2v) is 5.61. The van der Waals surface area contributed by atoms with Gasteiger partial charge in [0.05, 0.1) is 12.8 Å². The van der Waals surface area contributed by atoms with Crippen LogP contribution in [0, 0.1) is 11.6 Å². The number of ether oxygens (including phenoxy) is 1. The first-order valence-corrected chi connectivity index (χ1v) is 7.72. The maximum absolute atomic E-state index is 13.9. The van der Waals surface area contributed by atoms with E-state index in [0.717, 1.165) is 6.07 Å². The molecule has 4 nitrogen and oxygen atoms in total. The van der Waals surface area contributed by atoms with Crippen molar-refractivity contribution in [2.75, 3.05) is 38.2 Å².